The maximum atomic E-state index is 2.70. The van der Waals surface area contributed by atoms with E-state index in [1.165, 1.54) is 66.1 Å². The molecule has 42 heavy (non-hydrogen) atoms. The van der Waals surface area contributed by atoms with E-state index < -0.39 is 17.4 Å². The van der Waals surface area contributed by atoms with Crippen molar-refractivity contribution in [2.75, 3.05) is 0 Å². The van der Waals surface area contributed by atoms with Crippen molar-refractivity contribution in [2.45, 2.75) is 16.5 Å². The third-order valence-corrected chi connectivity index (χ3v) is 27.8. The number of hydrogen-bond acceptors (Lipinski definition) is 0. The minimum atomic E-state index is -3.49. The molecule has 2 unspecified atom stereocenters. The molecule has 0 aliphatic heterocycles. The summed E-state index contributed by atoms with van der Waals surface area (Å²) in [6.07, 6.45) is 10.0. The van der Waals surface area contributed by atoms with Crippen molar-refractivity contribution in [3.63, 3.8) is 0 Å². The topological polar surface area (TPSA) is 0 Å². The molecule has 0 bridgehead atoms. The van der Waals surface area contributed by atoms with Crippen molar-refractivity contribution in [2.24, 2.45) is 0 Å². The summed E-state index contributed by atoms with van der Waals surface area (Å²) >= 11 is -3.49. The van der Waals surface area contributed by atoms with E-state index in [0.29, 0.717) is 7.25 Å². The molecule has 0 fully saturated rings. The van der Waals surface area contributed by atoms with Crippen LogP contribution in [0.3, 0.4) is 0 Å². The molecule has 8 rings (SSSR count). The monoisotopic (exact) mass is 632 g/mol. The van der Waals surface area contributed by atoms with E-state index in [2.05, 4.69) is 162 Å². The Morgan fingerprint density at radius 2 is 0.833 bits per heavy atom. The summed E-state index contributed by atoms with van der Waals surface area (Å²) in [7, 11) is 0. The van der Waals surface area contributed by atoms with E-state index in [1.807, 2.05) is 0 Å². The predicted molar refractivity (Wildman–Crippen MR) is 183 cm³/mol. The van der Waals surface area contributed by atoms with Crippen molar-refractivity contribution in [1.82, 2.24) is 0 Å². The first kappa shape index (κ1) is 26.1. The van der Waals surface area contributed by atoms with E-state index in [-0.39, 0.29) is 0 Å². The Balaban J connectivity index is 1.24. The Labute approximate surface area is 250 Å². The first-order valence-corrected chi connectivity index (χ1v) is 28.7. The van der Waals surface area contributed by atoms with Crippen LogP contribution in [0.25, 0.3) is 56.0 Å². The normalized spacial score (nSPS) is 17.6. The van der Waals surface area contributed by atoms with Crippen LogP contribution in [0.5, 0.6) is 0 Å². The van der Waals surface area contributed by atoms with E-state index in [4.69, 9.17) is 0 Å². The SMILES string of the molecule is [CH3][Zr]([CH3])(=[SiH2])([CH]1C=Cc2c(-c3cccc4ccccc34)cccc21)[CH]1C=Cc2c(-c3cccc4ccccc34)cccc21. The molecule has 6 aromatic rings. The predicted octanol–water partition coefficient (Wildman–Crippen LogP) is 10.5. The summed E-state index contributed by atoms with van der Waals surface area (Å²) in [4.78, 5) is 0. The summed E-state index contributed by atoms with van der Waals surface area (Å²) in [5.41, 5.74) is 11.3. The van der Waals surface area contributed by atoms with E-state index in [1.54, 1.807) is 0 Å². The van der Waals surface area contributed by atoms with Crippen LogP contribution >= 0.6 is 0 Å². The number of rotatable bonds is 4. The maximum absolute atomic E-state index is 3.49. The van der Waals surface area contributed by atoms with Gasteiger partial charge in [-0.05, 0) is 0 Å². The Bertz CT molecular complexity index is 2030. The molecule has 0 spiro atoms. The minimum absolute atomic E-state index is 0.497. The van der Waals surface area contributed by atoms with E-state index >= 15 is 0 Å². The zero-order valence-corrected chi connectivity index (χ0v) is 28.1. The molecule has 0 heterocycles. The Hall–Kier alpha value is -3.58. The molecular formula is C40H34SiZr. The molecule has 0 radical (unpaired) electrons. The standard InChI is InChI=1S/2C19H13.2CH3.H2Si.Zr/c2*1-2-10-16-14(6-1)8-4-12-18(16)19-13-5-9-15-7-3-11-17(15)19;;;;/h2*1-13H;2*1H3;1H2;. The summed E-state index contributed by atoms with van der Waals surface area (Å²) in [6.45, 7) is 2.40. The summed E-state index contributed by atoms with van der Waals surface area (Å²) in [5.74, 6) is 0. The van der Waals surface area contributed by atoms with Crippen molar-refractivity contribution in [1.29, 1.82) is 0 Å². The van der Waals surface area contributed by atoms with Gasteiger partial charge in [-0.1, -0.05) is 0 Å². The van der Waals surface area contributed by atoms with Gasteiger partial charge in [0.1, 0.15) is 0 Å². The zero-order valence-electron chi connectivity index (χ0n) is 24.2. The fourth-order valence-corrected chi connectivity index (χ4v) is 22.9. The molecule has 0 aromatic heterocycles. The second kappa shape index (κ2) is 9.46. The fourth-order valence-electron chi connectivity index (χ4n) is 7.91. The van der Waals surface area contributed by atoms with Crippen molar-refractivity contribution >= 4 is 40.6 Å². The molecule has 0 saturated carbocycles. The Kier molecular flexibility index (Phi) is 5.88. The first-order chi connectivity index (χ1) is 20.4. The molecule has 2 aliphatic carbocycles. The van der Waals surface area contributed by atoms with Gasteiger partial charge >= 0.3 is 252 Å². The number of fused-ring (bicyclic) bond motifs is 4. The fraction of sp³-hybridized carbons (Fsp3) is 0.100. The van der Waals surface area contributed by atoms with Gasteiger partial charge in [0.05, 0.1) is 0 Å². The van der Waals surface area contributed by atoms with Crippen molar-refractivity contribution < 1.29 is 17.4 Å². The van der Waals surface area contributed by atoms with Gasteiger partial charge in [-0.15, -0.1) is 0 Å². The van der Waals surface area contributed by atoms with Crippen LogP contribution < -0.4 is 0 Å². The molecule has 2 aliphatic rings. The van der Waals surface area contributed by atoms with Crippen LogP contribution in [0.2, 0.25) is 9.26 Å². The molecule has 0 N–H and O–H groups in total. The van der Waals surface area contributed by atoms with Gasteiger partial charge in [-0.2, -0.15) is 0 Å². The molecular weight excluding hydrogens is 600 g/mol. The third kappa shape index (κ3) is 3.89. The average Bonchev–Trinajstić information content (AvgIpc) is 3.67. The van der Waals surface area contributed by atoms with Crippen molar-refractivity contribution in [3.8, 4) is 22.3 Å². The molecule has 0 amide bonds. The molecule has 2 atom stereocenters. The second-order valence-corrected chi connectivity index (χ2v) is 44.0. The van der Waals surface area contributed by atoms with Crippen LogP contribution in [0, 0.1) is 0 Å². The molecule has 0 nitrogen and oxygen atoms in total. The first-order valence-electron chi connectivity index (χ1n) is 15.0. The number of benzene rings is 6. The Morgan fingerprint density at radius 1 is 0.452 bits per heavy atom. The van der Waals surface area contributed by atoms with Gasteiger partial charge in [0.15, 0.2) is 0 Å². The van der Waals surface area contributed by atoms with Crippen LogP contribution in [0.1, 0.15) is 29.5 Å². The molecule has 202 valence electrons. The van der Waals surface area contributed by atoms with Gasteiger partial charge in [0.25, 0.3) is 0 Å². The Morgan fingerprint density at radius 3 is 1.31 bits per heavy atom. The van der Waals surface area contributed by atoms with E-state index in [0.717, 1.165) is 0 Å². The summed E-state index contributed by atoms with van der Waals surface area (Å²) < 4.78 is 6.39. The van der Waals surface area contributed by atoms with Gasteiger partial charge in [0, 0.05) is 0 Å². The van der Waals surface area contributed by atoms with Gasteiger partial charge in [-0.25, -0.2) is 0 Å². The number of allylic oxidation sites excluding steroid dienone is 2. The van der Waals surface area contributed by atoms with Crippen LogP contribution in [0.15, 0.2) is 133 Å². The van der Waals surface area contributed by atoms with E-state index in [9.17, 15) is 0 Å². The third-order valence-electron chi connectivity index (χ3n) is 10.1. The molecule has 0 saturated heterocycles. The summed E-state index contributed by atoms with van der Waals surface area (Å²) in [5, 5.41) is 5.26. The van der Waals surface area contributed by atoms with Crippen LogP contribution in [0.4, 0.5) is 0 Å². The van der Waals surface area contributed by atoms with Gasteiger partial charge < -0.3 is 0 Å². The quantitative estimate of drug-likeness (QED) is 0.169. The zero-order chi connectivity index (χ0) is 28.5. The molecule has 2 heteroatoms. The van der Waals surface area contributed by atoms with Crippen molar-refractivity contribution in [3.05, 3.63) is 156 Å². The second-order valence-electron chi connectivity index (χ2n) is 13.3. The number of hydrogen-bond donors (Lipinski definition) is 0. The summed E-state index contributed by atoms with van der Waals surface area (Å²) in [6, 6.07) is 45.0. The van der Waals surface area contributed by atoms with Gasteiger partial charge in [0.2, 0.25) is 0 Å². The van der Waals surface area contributed by atoms with Crippen LogP contribution in [-0.2, 0) is 17.4 Å². The van der Waals surface area contributed by atoms with Crippen LogP contribution in [-0.4, -0.2) is 6.88 Å². The average molecular weight is 634 g/mol. The van der Waals surface area contributed by atoms with Gasteiger partial charge in [-0.3, -0.25) is 0 Å². The molecule has 6 aromatic carbocycles.